The minimum absolute atomic E-state index is 0.110. The second-order valence-corrected chi connectivity index (χ2v) is 10.1. The van der Waals surface area contributed by atoms with E-state index in [1.165, 1.54) is 36.1 Å². The van der Waals surface area contributed by atoms with E-state index in [0.29, 0.717) is 36.2 Å². The maximum Gasteiger partial charge on any atom is 0.573 e. The Hall–Kier alpha value is -4.51. The van der Waals surface area contributed by atoms with Crippen molar-refractivity contribution < 1.29 is 37.3 Å². The quantitative estimate of drug-likeness (QED) is 0.196. The summed E-state index contributed by atoms with van der Waals surface area (Å²) >= 11 is 0. The highest BCUT2D eigenvalue weighted by atomic mass is 19.4. The largest absolute Gasteiger partial charge is 0.573 e. The molecule has 0 spiro atoms. The third-order valence-corrected chi connectivity index (χ3v) is 7.07. The van der Waals surface area contributed by atoms with Gasteiger partial charge in [-0.1, -0.05) is 24.3 Å². The number of methoxy groups -OCH3 is 1. The number of carboxylic acid groups (broad SMARTS) is 1. The first kappa shape index (κ1) is 29.0. The van der Waals surface area contributed by atoms with Crippen molar-refractivity contribution >= 4 is 5.97 Å². The Kier molecular flexibility index (Phi) is 8.39. The first-order chi connectivity index (χ1) is 20.1. The Labute approximate surface area is 240 Å². The number of carboxylic acids is 1. The Bertz CT molecular complexity index is 1580. The number of ether oxygens (including phenoxy) is 3. The van der Waals surface area contributed by atoms with Gasteiger partial charge in [-0.3, -0.25) is 0 Å². The Morgan fingerprint density at radius 2 is 1.86 bits per heavy atom. The third kappa shape index (κ3) is 6.85. The first-order valence-electron chi connectivity index (χ1n) is 13.4. The molecule has 1 aliphatic rings. The topological polar surface area (TPSA) is 94.8 Å². The molecule has 0 amide bonds. The van der Waals surface area contributed by atoms with Crippen LogP contribution in [0.3, 0.4) is 0 Å². The number of benzene rings is 3. The SMILES string of the molecule is COc1cc(CNCc2ccc(OCc3c(C4CC4)cnn3-c3ccccc3OC(F)(F)F)cc2C)ccc1C(=O)O. The molecule has 1 aliphatic carbocycles. The van der Waals surface area contributed by atoms with Crippen LogP contribution in [0.25, 0.3) is 5.69 Å². The zero-order chi connectivity index (χ0) is 29.9. The van der Waals surface area contributed by atoms with Gasteiger partial charge in [0.15, 0.2) is 5.75 Å². The highest BCUT2D eigenvalue weighted by Gasteiger charge is 2.34. The molecular formula is C31H30F3N3O5. The van der Waals surface area contributed by atoms with Gasteiger partial charge in [0.1, 0.15) is 29.4 Å². The number of nitrogens with zero attached hydrogens (tertiary/aromatic N) is 2. The van der Waals surface area contributed by atoms with Gasteiger partial charge >= 0.3 is 12.3 Å². The van der Waals surface area contributed by atoms with Crippen molar-refractivity contribution in [2.45, 2.75) is 51.7 Å². The molecule has 0 saturated heterocycles. The fourth-order valence-corrected chi connectivity index (χ4v) is 4.79. The molecule has 5 rings (SSSR count). The van der Waals surface area contributed by atoms with Crippen molar-refractivity contribution in [1.29, 1.82) is 0 Å². The number of hydrogen-bond donors (Lipinski definition) is 2. The van der Waals surface area contributed by atoms with Gasteiger partial charge in [0.05, 0.1) is 19.0 Å². The standard InChI is InChI=1S/C31H30F3N3O5/c1-19-13-23(11-10-22(19)16-35-15-20-7-12-24(30(38)39)29(14-20)40-2)41-18-27-25(21-8-9-21)17-36-37(27)26-5-3-4-6-28(26)42-31(32,33)34/h3-7,10-14,17,21,35H,8-9,15-16,18H2,1-2H3,(H,38,39). The third-order valence-electron chi connectivity index (χ3n) is 7.07. The van der Waals surface area contributed by atoms with Gasteiger partial charge < -0.3 is 24.6 Å². The lowest BCUT2D eigenvalue weighted by Gasteiger charge is -2.16. The van der Waals surface area contributed by atoms with Crippen LogP contribution in [0.2, 0.25) is 0 Å². The van der Waals surface area contributed by atoms with Crippen LogP contribution < -0.4 is 19.5 Å². The van der Waals surface area contributed by atoms with Crippen molar-refractivity contribution in [2.24, 2.45) is 0 Å². The highest BCUT2D eigenvalue weighted by Crippen LogP contribution is 2.43. The van der Waals surface area contributed by atoms with Gasteiger partial charge in [0.2, 0.25) is 0 Å². The highest BCUT2D eigenvalue weighted by molar-refractivity contribution is 5.91. The molecule has 3 aromatic carbocycles. The van der Waals surface area contributed by atoms with Crippen LogP contribution in [0, 0.1) is 6.92 Å². The number of alkyl halides is 3. The molecule has 1 aromatic heterocycles. The molecule has 0 atom stereocenters. The molecule has 1 fully saturated rings. The second-order valence-electron chi connectivity index (χ2n) is 10.1. The minimum atomic E-state index is -4.83. The van der Waals surface area contributed by atoms with Crippen LogP contribution >= 0.6 is 0 Å². The number of rotatable bonds is 12. The van der Waals surface area contributed by atoms with Crippen molar-refractivity contribution in [3.8, 4) is 22.9 Å². The van der Waals surface area contributed by atoms with Crippen LogP contribution in [0.15, 0.2) is 66.9 Å². The van der Waals surface area contributed by atoms with E-state index in [-0.39, 0.29) is 23.6 Å². The van der Waals surface area contributed by atoms with Crippen molar-refractivity contribution in [3.05, 3.63) is 100 Å². The predicted molar refractivity (Wildman–Crippen MR) is 148 cm³/mol. The molecule has 8 nitrogen and oxygen atoms in total. The summed E-state index contributed by atoms with van der Waals surface area (Å²) < 4.78 is 56.2. The number of carbonyl (C=O) groups is 1. The van der Waals surface area contributed by atoms with Gasteiger partial charge in [0.25, 0.3) is 0 Å². The molecule has 1 heterocycles. The average Bonchev–Trinajstić information content (AvgIpc) is 3.71. The normalized spacial score (nSPS) is 13.2. The number of para-hydroxylation sites is 2. The number of aromatic carboxylic acids is 1. The zero-order valence-corrected chi connectivity index (χ0v) is 23.1. The molecular weight excluding hydrogens is 551 g/mol. The van der Waals surface area contributed by atoms with E-state index in [1.807, 2.05) is 25.1 Å². The lowest BCUT2D eigenvalue weighted by atomic mass is 10.1. The van der Waals surface area contributed by atoms with Crippen LogP contribution in [-0.4, -0.2) is 34.3 Å². The van der Waals surface area contributed by atoms with Gasteiger partial charge in [-0.2, -0.15) is 5.10 Å². The summed E-state index contributed by atoms with van der Waals surface area (Å²) in [6.45, 7) is 3.18. The molecule has 0 aliphatic heterocycles. The van der Waals surface area contributed by atoms with E-state index in [1.54, 1.807) is 24.4 Å². The number of aromatic nitrogens is 2. The summed E-state index contributed by atoms with van der Waals surface area (Å²) in [5, 5.41) is 17.0. The smallest absolute Gasteiger partial charge is 0.496 e. The van der Waals surface area contributed by atoms with Gasteiger partial charge in [-0.15, -0.1) is 13.2 Å². The van der Waals surface area contributed by atoms with Crippen molar-refractivity contribution in [3.63, 3.8) is 0 Å². The zero-order valence-electron chi connectivity index (χ0n) is 23.1. The van der Waals surface area contributed by atoms with E-state index >= 15 is 0 Å². The molecule has 42 heavy (non-hydrogen) atoms. The van der Waals surface area contributed by atoms with Crippen molar-refractivity contribution in [1.82, 2.24) is 15.1 Å². The molecule has 11 heteroatoms. The fraction of sp³-hybridized carbons (Fsp3) is 0.290. The summed E-state index contributed by atoms with van der Waals surface area (Å²) in [6.07, 6.45) is -1.13. The predicted octanol–water partition coefficient (Wildman–Crippen LogP) is 6.53. The maximum atomic E-state index is 13.1. The van der Waals surface area contributed by atoms with E-state index < -0.39 is 12.3 Å². The number of hydrogen-bond acceptors (Lipinski definition) is 6. The minimum Gasteiger partial charge on any atom is -0.496 e. The van der Waals surface area contributed by atoms with Crippen LogP contribution in [0.4, 0.5) is 13.2 Å². The molecule has 0 radical (unpaired) electrons. The molecule has 0 bridgehead atoms. The molecule has 220 valence electrons. The Morgan fingerprint density at radius 3 is 2.55 bits per heavy atom. The van der Waals surface area contributed by atoms with Crippen LogP contribution in [0.1, 0.15) is 57.1 Å². The lowest BCUT2D eigenvalue weighted by Crippen LogP contribution is -2.19. The van der Waals surface area contributed by atoms with Gasteiger partial charge in [0, 0.05) is 18.7 Å². The molecule has 0 unspecified atom stereocenters. The fourth-order valence-electron chi connectivity index (χ4n) is 4.79. The molecule has 2 N–H and O–H groups in total. The Morgan fingerprint density at radius 1 is 1.07 bits per heavy atom. The average molecular weight is 582 g/mol. The number of halogens is 3. The second kappa shape index (κ2) is 12.2. The van der Waals surface area contributed by atoms with E-state index in [9.17, 15) is 23.1 Å². The number of nitrogens with one attached hydrogen (secondary N) is 1. The van der Waals surface area contributed by atoms with E-state index in [4.69, 9.17) is 9.47 Å². The van der Waals surface area contributed by atoms with Gasteiger partial charge in [-0.05, 0) is 78.8 Å². The summed E-state index contributed by atoms with van der Waals surface area (Å²) in [4.78, 5) is 11.3. The van der Waals surface area contributed by atoms with Crippen LogP contribution in [0.5, 0.6) is 17.2 Å². The number of aryl methyl sites for hydroxylation is 1. The van der Waals surface area contributed by atoms with Gasteiger partial charge in [-0.25, -0.2) is 9.48 Å². The maximum absolute atomic E-state index is 13.1. The van der Waals surface area contributed by atoms with E-state index in [2.05, 4.69) is 15.2 Å². The van der Waals surface area contributed by atoms with Crippen molar-refractivity contribution in [2.75, 3.05) is 7.11 Å². The molecule has 4 aromatic rings. The van der Waals surface area contributed by atoms with Crippen LogP contribution in [-0.2, 0) is 19.7 Å². The monoisotopic (exact) mass is 581 g/mol. The summed E-state index contributed by atoms with van der Waals surface area (Å²) in [6, 6.07) is 16.6. The summed E-state index contributed by atoms with van der Waals surface area (Å²) in [5.74, 6) is -0.136. The summed E-state index contributed by atoms with van der Waals surface area (Å²) in [7, 11) is 1.44. The Balaban J connectivity index is 1.26. The lowest BCUT2D eigenvalue weighted by molar-refractivity contribution is -0.274. The molecule has 1 saturated carbocycles. The van der Waals surface area contributed by atoms with E-state index in [0.717, 1.165) is 35.1 Å². The summed E-state index contributed by atoms with van der Waals surface area (Å²) in [5.41, 5.74) is 4.88. The first-order valence-corrected chi connectivity index (χ1v) is 13.4.